The minimum absolute atomic E-state index is 0.748. The molecule has 1 aliphatic heterocycles. The first-order valence-corrected chi connectivity index (χ1v) is 9.34. The van der Waals surface area contributed by atoms with Crippen LogP contribution >= 0.6 is 0 Å². The molecule has 2 aromatic heterocycles. The van der Waals surface area contributed by atoms with Crippen LogP contribution in [-0.4, -0.2) is 40.6 Å². The van der Waals surface area contributed by atoms with Gasteiger partial charge in [-0.25, -0.2) is 9.97 Å². The SMILES string of the molecule is C=C1C(C)=CC(c2nc3cnc(N(C)C)cc3n2Cc2ccccc2)=CN1C. The summed E-state index contributed by atoms with van der Waals surface area (Å²) in [7, 11) is 6.03. The number of imidazole rings is 1. The summed E-state index contributed by atoms with van der Waals surface area (Å²) in [6, 6.07) is 12.6. The van der Waals surface area contributed by atoms with E-state index in [-0.39, 0.29) is 0 Å². The molecule has 28 heavy (non-hydrogen) atoms. The normalized spacial score (nSPS) is 14.3. The summed E-state index contributed by atoms with van der Waals surface area (Å²) >= 11 is 0. The van der Waals surface area contributed by atoms with E-state index in [1.165, 1.54) is 5.56 Å². The lowest BCUT2D eigenvalue weighted by Crippen LogP contribution is -2.16. The molecule has 0 aliphatic carbocycles. The molecule has 0 N–H and O–H groups in total. The standard InChI is InChI=1S/C23H25N5/c1-16-11-19(15-27(5)17(16)2)23-25-20-13-24-22(26(3)4)12-21(20)28(23)14-18-9-7-6-8-10-18/h6-13,15H,2,14H2,1,3-5H3. The molecule has 0 fully saturated rings. The molecule has 1 aliphatic rings. The number of anilines is 1. The second-order valence-electron chi connectivity index (χ2n) is 7.40. The third-order valence-corrected chi connectivity index (χ3v) is 5.11. The van der Waals surface area contributed by atoms with Crippen LogP contribution in [0.2, 0.25) is 0 Å². The second-order valence-corrected chi connectivity index (χ2v) is 7.40. The highest BCUT2D eigenvalue weighted by Gasteiger charge is 2.19. The Hall–Kier alpha value is -3.34. The van der Waals surface area contributed by atoms with Crippen molar-refractivity contribution in [2.24, 2.45) is 0 Å². The Bertz CT molecular complexity index is 1100. The number of nitrogens with zero attached hydrogens (tertiary/aromatic N) is 5. The van der Waals surface area contributed by atoms with Gasteiger partial charge in [-0.05, 0) is 24.1 Å². The first kappa shape index (κ1) is 18.0. The first-order valence-electron chi connectivity index (χ1n) is 9.34. The molecule has 3 aromatic rings. The van der Waals surface area contributed by atoms with Gasteiger partial charge >= 0.3 is 0 Å². The Morgan fingerprint density at radius 1 is 1.14 bits per heavy atom. The second kappa shape index (κ2) is 7.00. The van der Waals surface area contributed by atoms with Crippen LogP contribution in [0.25, 0.3) is 16.6 Å². The number of pyridine rings is 1. The number of fused-ring (bicyclic) bond motifs is 1. The van der Waals surface area contributed by atoms with Crippen molar-refractivity contribution in [2.75, 3.05) is 26.0 Å². The van der Waals surface area contributed by atoms with Gasteiger partial charge in [-0.15, -0.1) is 0 Å². The monoisotopic (exact) mass is 371 g/mol. The molecule has 0 amide bonds. The molecule has 1 aromatic carbocycles. The van der Waals surface area contributed by atoms with Crippen molar-refractivity contribution in [1.29, 1.82) is 0 Å². The van der Waals surface area contributed by atoms with E-state index in [9.17, 15) is 0 Å². The van der Waals surface area contributed by atoms with Crippen molar-refractivity contribution in [2.45, 2.75) is 13.5 Å². The average molecular weight is 371 g/mol. The van der Waals surface area contributed by atoms with Crippen LogP contribution in [-0.2, 0) is 6.54 Å². The van der Waals surface area contributed by atoms with Gasteiger partial charge in [0.15, 0.2) is 0 Å². The lowest BCUT2D eigenvalue weighted by Gasteiger charge is -2.24. The van der Waals surface area contributed by atoms with E-state index in [4.69, 9.17) is 4.98 Å². The van der Waals surface area contributed by atoms with Crippen molar-refractivity contribution in [3.05, 3.63) is 84.1 Å². The fourth-order valence-corrected chi connectivity index (χ4v) is 3.45. The van der Waals surface area contributed by atoms with E-state index in [1.54, 1.807) is 0 Å². The van der Waals surface area contributed by atoms with Gasteiger partial charge in [0.25, 0.3) is 0 Å². The summed E-state index contributed by atoms with van der Waals surface area (Å²) in [5, 5.41) is 0. The van der Waals surface area contributed by atoms with Crippen molar-refractivity contribution in [3.63, 3.8) is 0 Å². The predicted octanol–water partition coefficient (Wildman–Crippen LogP) is 4.29. The molecule has 0 saturated heterocycles. The van der Waals surface area contributed by atoms with Gasteiger partial charge in [-0.3, -0.25) is 0 Å². The molecule has 0 spiro atoms. The summed E-state index contributed by atoms with van der Waals surface area (Å²) in [6.45, 7) is 6.97. The van der Waals surface area contributed by atoms with Crippen molar-refractivity contribution in [3.8, 4) is 0 Å². The molecule has 0 atom stereocenters. The Morgan fingerprint density at radius 3 is 2.57 bits per heavy atom. The third kappa shape index (κ3) is 3.20. The maximum atomic E-state index is 4.94. The number of rotatable bonds is 4. The number of aromatic nitrogens is 3. The molecule has 3 heterocycles. The Labute approximate surface area is 165 Å². The zero-order valence-electron chi connectivity index (χ0n) is 16.8. The molecule has 4 rings (SSSR count). The first-order chi connectivity index (χ1) is 13.4. The zero-order chi connectivity index (χ0) is 19.8. The van der Waals surface area contributed by atoms with Crippen LogP contribution in [0.1, 0.15) is 18.3 Å². The summed E-state index contributed by atoms with van der Waals surface area (Å²) in [6.07, 6.45) is 6.11. The molecular weight excluding hydrogens is 346 g/mol. The molecule has 142 valence electrons. The average Bonchev–Trinajstić information content (AvgIpc) is 3.04. The van der Waals surface area contributed by atoms with E-state index >= 15 is 0 Å². The number of hydrogen-bond donors (Lipinski definition) is 0. The van der Waals surface area contributed by atoms with Crippen molar-refractivity contribution >= 4 is 22.4 Å². The minimum atomic E-state index is 0.748. The minimum Gasteiger partial charge on any atom is -0.363 e. The highest BCUT2D eigenvalue weighted by atomic mass is 15.2. The van der Waals surface area contributed by atoms with Crippen LogP contribution in [0.3, 0.4) is 0 Å². The lowest BCUT2D eigenvalue weighted by atomic mass is 10.1. The van der Waals surface area contributed by atoms with E-state index in [0.29, 0.717) is 0 Å². The zero-order valence-corrected chi connectivity index (χ0v) is 16.8. The maximum absolute atomic E-state index is 4.94. The molecular formula is C23H25N5. The molecule has 5 nitrogen and oxygen atoms in total. The quantitative estimate of drug-likeness (QED) is 0.686. The van der Waals surface area contributed by atoms with Gasteiger partial charge in [0, 0.05) is 51.2 Å². The predicted molar refractivity (Wildman–Crippen MR) is 116 cm³/mol. The third-order valence-electron chi connectivity index (χ3n) is 5.11. The molecule has 0 bridgehead atoms. The van der Waals surface area contributed by atoms with Gasteiger partial charge in [-0.1, -0.05) is 36.9 Å². The van der Waals surface area contributed by atoms with Crippen LogP contribution in [0.15, 0.2) is 72.7 Å². The fourth-order valence-electron chi connectivity index (χ4n) is 3.45. The van der Waals surface area contributed by atoms with E-state index in [0.717, 1.165) is 46.1 Å². The van der Waals surface area contributed by atoms with Gasteiger partial charge in [0.2, 0.25) is 0 Å². The summed E-state index contributed by atoms with van der Waals surface area (Å²) in [4.78, 5) is 13.6. The molecule has 0 radical (unpaired) electrons. The van der Waals surface area contributed by atoms with Crippen LogP contribution in [0, 0.1) is 0 Å². The Balaban J connectivity index is 1.91. The highest BCUT2D eigenvalue weighted by molar-refractivity contribution is 5.84. The number of likely N-dealkylation sites (N-methyl/N-ethyl adjacent to an activating group) is 1. The van der Waals surface area contributed by atoms with E-state index in [1.807, 2.05) is 38.3 Å². The fraction of sp³-hybridized carbons (Fsp3) is 0.217. The van der Waals surface area contributed by atoms with E-state index in [2.05, 4.69) is 70.6 Å². The van der Waals surface area contributed by atoms with Crippen LogP contribution in [0.4, 0.5) is 5.82 Å². The lowest BCUT2D eigenvalue weighted by molar-refractivity contribution is 0.577. The number of hydrogen-bond acceptors (Lipinski definition) is 4. The molecule has 0 unspecified atom stereocenters. The van der Waals surface area contributed by atoms with Gasteiger partial charge in [-0.2, -0.15) is 0 Å². The van der Waals surface area contributed by atoms with Gasteiger partial charge in [0.1, 0.15) is 17.2 Å². The summed E-state index contributed by atoms with van der Waals surface area (Å²) < 4.78 is 2.27. The summed E-state index contributed by atoms with van der Waals surface area (Å²) in [5.41, 5.74) is 6.44. The smallest absolute Gasteiger partial charge is 0.143 e. The Morgan fingerprint density at radius 2 is 1.89 bits per heavy atom. The van der Waals surface area contributed by atoms with Crippen molar-refractivity contribution in [1.82, 2.24) is 19.4 Å². The number of benzene rings is 1. The maximum Gasteiger partial charge on any atom is 0.143 e. The number of allylic oxidation sites excluding steroid dienone is 3. The van der Waals surface area contributed by atoms with Crippen LogP contribution in [0.5, 0.6) is 0 Å². The van der Waals surface area contributed by atoms with Gasteiger partial charge in [0.05, 0.1) is 11.7 Å². The Kier molecular flexibility index (Phi) is 4.51. The van der Waals surface area contributed by atoms with Gasteiger partial charge < -0.3 is 14.4 Å². The van der Waals surface area contributed by atoms with Crippen molar-refractivity contribution < 1.29 is 0 Å². The molecule has 5 heteroatoms. The van der Waals surface area contributed by atoms with E-state index < -0.39 is 0 Å². The molecule has 0 saturated carbocycles. The van der Waals surface area contributed by atoms with Crippen LogP contribution < -0.4 is 4.90 Å². The topological polar surface area (TPSA) is 37.2 Å². The largest absolute Gasteiger partial charge is 0.363 e. The highest BCUT2D eigenvalue weighted by Crippen LogP contribution is 2.30. The summed E-state index contributed by atoms with van der Waals surface area (Å²) in [5.74, 6) is 1.86.